The molecule has 0 unspecified atom stereocenters. The number of unbranched alkanes of at least 4 members (excludes halogenated alkanes) is 2. The zero-order valence-corrected chi connectivity index (χ0v) is 15.4. The van der Waals surface area contributed by atoms with Crippen LogP contribution in [0.4, 0.5) is 0 Å². The van der Waals surface area contributed by atoms with Crippen LogP contribution in [0.5, 0.6) is 0 Å². The zero-order valence-electron chi connectivity index (χ0n) is 14.6. The molecule has 0 spiro atoms. The Morgan fingerprint density at radius 3 is 2.23 bits per heavy atom. The number of carbonyl (C=O) groups excluding carboxylic acids is 1. The molecule has 0 aliphatic carbocycles. The van der Waals surface area contributed by atoms with E-state index in [-0.39, 0.29) is 11.7 Å². The molecular weight excluding hydrogens is 306 g/mol. The van der Waals surface area contributed by atoms with Crippen LogP contribution in [0, 0.1) is 5.41 Å². The van der Waals surface area contributed by atoms with Crippen LogP contribution in [-0.2, 0) is 19.6 Å². The highest BCUT2D eigenvalue weighted by Gasteiger charge is 2.27. The second-order valence-electron chi connectivity index (χ2n) is 7.10. The number of quaternary nitrogens is 1. The summed E-state index contributed by atoms with van der Waals surface area (Å²) in [5.41, 5.74) is -0.438. The standard InChI is InChI=1S/C15H31NO5S/c1-6-15(2,3)14(17)21-12-11-16(4,5)10-8-7-9-13-22(18,19)20/h6-13H2,1-5H3/p+1. The molecule has 0 bridgehead atoms. The minimum absolute atomic E-state index is 0.164. The van der Waals surface area contributed by atoms with E-state index < -0.39 is 15.5 Å². The maximum Gasteiger partial charge on any atom is 0.311 e. The summed E-state index contributed by atoms with van der Waals surface area (Å²) in [7, 11) is 0.271. The molecule has 6 nitrogen and oxygen atoms in total. The molecule has 0 aromatic heterocycles. The molecular formula is C15H32NO5S+. The van der Waals surface area contributed by atoms with Crippen molar-refractivity contribution >= 4 is 16.1 Å². The minimum Gasteiger partial charge on any atom is -0.459 e. The van der Waals surface area contributed by atoms with Gasteiger partial charge in [-0.1, -0.05) is 6.92 Å². The molecule has 7 heteroatoms. The van der Waals surface area contributed by atoms with Gasteiger partial charge in [0, 0.05) is 0 Å². The Kier molecular flexibility index (Phi) is 8.57. The first kappa shape index (κ1) is 21.3. The highest BCUT2D eigenvalue weighted by molar-refractivity contribution is 7.85. The van der Waals surface area contributed by atoms with Gasteiger partial charge >= 0.3 is 5.97 Å². The molecule has 0 atom stereocenters. The van der Waals surface area contributed by atoms with Crippen molar-refractivity contribution in [1.29, 1.82) is 0 Å². The van der Waals surface area contributed by atoms with Crippen molar-refractivity contribution in [3.05, 3.63) is 0 Å². The van der Waals surface area contributed by atoms with Gasteiger partial charge in [-0.2, -0.15) is 8.42 Å². The number of likely N-dealkylation sites (N-methyl/N-ethyl adjacent to an activating group) is 1. The van der Waals surface area contributed by atoms with Gasteiger partial charge in [0.05, 0.1) is 31.8 Å². The molecule has 0 aromatic rings. The summed E-state index contributed by atoms with van der Waals surface area (Å²) in [6.45, 7) is 7.72. The monoisotopic (exact) mass is 338 g/mol. The Balaban J connectivity index is 3.93. The first-order valence-corrected chi connectivity index (χ1v) is 9.45. The molecule has 0 aliphatic rings. The van der Waals surface area contributed by atoms with Crippen LogP contribution in [-0.4, -0.2) is 63.0 Å². The maximum absolute atomic E-state index is 11.9. The van der Waals surface area contributed by atoms with E-state index in [1.165, 1.54) is 0 Å². The average Bonchev–Trinajstić information content (AvgIpc) is 2.36. The van der Waals surface area contributed by atoms with Crippen molar-refractivity contribution in [2.75, 3.05) is 39.5 Å². The molecule has 0 saturated carbocycles. The first-order chi connectivity index (χ1) is 9.90. The molecule has 0 saturated heterocycles. The molecule has 1 N–H and O–H groups in total. The van der Waals surface area contributed by atoms with Crippen molar-refractivity contribution in [2.45, 2.75) is 46.5 Å². The zero-order chi connectivity index (χ0) is 17.4. The third kappa shape index (κ3) is 10.1. The number of hydrogen-bond donors (Lipinski definition) is 1. The quantitative estimate of drug-likeness (QED) is 0.270. The van der Waals surface area contributed by atoms with Gasteiger partial charge in [-0.15, -0.1) is 0 Å². The summed E-state index contributed by atoms with van der Waals surface area (Å²) < 4.78 is 35.9. The molecule has 0 rings (SSSR count). The van der Waals surface area contributed by atoms with Gasteiger partial charge in [0.1, 0.15) is 13.2 Å². The SMILES string of the molecule is CCC(C)(C)C(=O)OCC[N+](C)(C)CCCCCS(=O)(=O)O. The second-order valence-corrected chi connectivity index (χ2v) is 8.68. The molecule has 0 fully saturated rings. The largest absolute Gasteiger partial charge is 0.459 e. The fraction of sp³-hybridized carbons (Fsp3) is 0.933. The van der Waals surface area contributed by atoms with Crippen LogP contribution in [0.25, 0.3) is 0 Å². The topological polar surface area (TPSA) is 80.7 Å². The average molecular weight is 338 g/mol. The van der Waals surface area contributed by atoms with Gasteiger partial charge in [-0.05, 0) is 39.5 Å². The van der Waals surface area contributed by atoms with Crippen molar-refractivity contribution < 1.29 is 27.0 Å². The Morgan fingerprint density at radius 1 is 1.14 bits per heavy atom. The normalized spacial score (nSPS) is 13.2. The lowest BCUT2D eigenvalue weighted by Crippen LogP contribution is -2.43. The molecule has 22 heavy (non-hydrogen) atoms. The van der Waals surface area contributed by atoms with Crippen molar-refractivity contribution in [1.82, 2.24) is 0 Å². The van der Waals surface area contributed by atoms with Crippen molar-refractivity contribution in [2.24, 2.45) is 5.41 Å². The van der Waals surface area contributed by atoms with E-state index in [2.05, 4.69) is 14.1 Å². The number of hydrogen-bond acceptors (Lipinski definition) is 4. The third-order valence-corrected chi connectivity index (χ3v) is 4.84. The molecule has 0 aliphatic heterocycles. The minimum atomic E-state index is -3.84. The Bertz CT molecular complexity index is 443. The molecule has 132 valence electrons. The van der Waals surface area contributed by atoms with E-state index in [0.29, 0.717) is 17.5 Å². The van der Waals surface area contributed by atoms with Gasteiger partial charge in [0.15, 0.2) is 0 Å². The summed E-state index contributed by atoms with van der Waals surface area (Å²) in [5.74, 6) is -0.340. The first-order valence-electron chi connectivity index (χ1n) is 7.84. The summed E-state index contributed by atoms with van der Waals surface area (Å²) in [4.78, 5) is 11.9. The van der Waals surface area contributed by atoms with Crippen molar-refractivity contribution in [3.8, 4) is 0 Å². The Hall–Kier alpha value is -0.660. The number of carbonyl (C=O) groups is 1. The summed E-state index contributed by atoms with van der Waals surface area (Å²) in [6.07, 6.45) is 2.84. The highest BCUT2D eigenvalue weighted by Crippen LogP contribution is 2.21. The lowest BCUT2D eigenvalue weighted by molar-refractivity contribution is -0.890. The van der Waals surface area contributed by atoms with Crippen LogP contribution in [0.1, 0.15) is 46.5 Å². The fourth-order valence-electron chi connectivity index (χ4n) is 1.84. The van der Waals surface area contributed by atoms with E-state index >= 15 is 0 Å². The van der Waals surface area contributed by atoms with Gasteiger partial charge in [0.2, 0.25) is 0 Å². The summed E-state index contributed by atoms with van der Waals surface area (Å²) in [6, 6.07) is 0. The lowest BCUT2D eigenvalue weighted by Gasteiger charge is -2.30. The summed E-state index contributed by atoms with van der Waals surface area (Å²) in [5, 5.41) is 0. The van der Waals surface area contributed by atoms with Gasteiger partial charge < -0.3 is 9.22 Å². The molecule has 0 radical (unpaired) electrons. The Labute approximate surface area is 135 Å². The van der Waals surface area contributed by atoms with Crippen LogP contribution >= 0.6 is 0 Å². The predicted octanol–water partition coefficient (Wildman–Crippen LogP) is 2.10. The molecule has 0 heterocycles. The smallest absolute Gasteiger partial charge is 0.311 e. The van der Waals surface area contributed by atoms with E-state index in [1.807, 2.05) is 20.8 Å². The highest BCUT2D eigenvalue weighted by atomic mass is 32.2. The Morgan fingerprint density at radius 2 is 1.73 bits per heavy atom. The van der Waals surface area contributed by atoms with Gasteiger partial charge in [-0.3, -0.25) is 9.35 Å². The predicted molar refractivity (Wildman–Crippen MR) is 87.1 cm³/mol. The van der Waals surface area contributed by atoms with Gasteiger partial charge in [-0.25, -0.2) is 0 Å². The second kappa shape index (κ2) is 8.84. The van der Waals surface area contributed by atoms with Gasteiger partial charge in [0.25, 0.3) is 10.1 Å². The maximum atomic E-state index is 11.9. The molecule has 0 amide bonds. The molecule has 0 aromatic carbocycles. The number of ether oxygens (including phenoxy) is 1. The fourth-order valence-corrected chi connectivity index (χ4v) is 2.41. The third-order valence-electron chi connectivity index (χ3n) is 4.03. The van der Waals surface area contributed by atoms with E-state index in [0.717, 1.165) is 32.4 Å². The van der Waals surface area contributed by atoms with E-state index in [1.54, 1.807) is 0 Å². The van der Waals surface area contributed by atoms with Crippen LogP contribution in [0.3, 0.4) is 0 Å². The van der Waals surface area contributed by atoms with Crippen LogP contribution in [0.2, 0.25) is 0 Å². The number of rotatable bonds is 11. The lowest BCUT2D eigenvalue weighted by atomic mass is 9.91. The number of nitrogens with zero attached hydrogens (tertiary/aromatic N) is 1. The van der Waals surface area contributed by atoms with E-state index in [4.69, 9.17) is 9.29 Å². The van der Waals surface area contributed by atoms with Crippen LogP contribution in [0.15, 0.2) is 0 Å². The number of esters is 1. The van der Waals surface area contributed by atoms with E-state index in [9.17, 15) is 13.2 Å². The summed E-state index contributed by atoms with van der Waals surface area (Å²) >= 11 is 0. The van der Waals surface area contributed by atoms with Crippen LogP contribution < -0.4 is 0 Å². The van der Waals surface area contributed by atoms with Crippen molar-refractivity contribution in [3.63, 3.8) is 0 Å².